The van der Waals surface area contributed by atoms with Crippen molar-refractivity contribution in [3.05, 3.63) is 59.7 Å². The molecule has 0 aliphatic carbocycles. The minimum atomic E-state index is -3.47. The maximum Gasteiger partial charge on any atom is 0.240 e. The molecule has 2 aromatic carbocycles. The van der Waals surface area contributed by atoms with Crippen LogP contribution in [0.2, 0.25) is 0 Å². The first kappa shape index (κ1) is 19.8. The van der Waals surface area contributed by atoms with E-state index in [1.165, 1.54) is 34.2 Å². The third-order valence-corrected chi connectivity index (χ3v) is 7.29. The Hall–Kier alpha value is -1.94. The molecule has 0 bridgehead atoms. The second kappa shape index (κ2) is 8.83. The molecule has 0 atom stereocenters. The number of nitrogens with one attached hydrogen (secondary N) is 2. The van der Waals surface area contributed by atoms with Gasteiger partial charge in [0.05, 0.1) is 4.90 Å². The molecule has 0 spiro atoms. The molecule has 1 heterocycles. The Bertz CT molecular complexity index is 1000. The summed E-state index contributed by atoms with van der Waals surface area (Å²) < 4.78 is 27.7. The van der Waals surface area contributed by atoms with Crippen LogP contribution < -0.4 is 10.0 Å². The zero-order valence-corrected chi connectivity index (χ0v) is 17.4. The van der Waals surface area contributed by atoms with Gasteiger partial charge < -0.3 is 5.32 Å². The van der Waals surface area contributed by atoms with Crippen LogP contribution >= 0.6 is 23.1 Å². The summed E-state index contributed by atoms with van der Waals surface area (Å²) in [7, 11) is -3.47. The summed E-state index contributed by atoms with van der Waals surface area (Å²) in [6, 6.07) is 14.5. The lowest BCUT2D eigenvalue weighted by atomic mass is 10.1. The fraction of sp³-hybridized carbons (Fsp3) is 0.222. The van der Waals surface area contributed by atoms with E-state index in [-0.39, 0.29) is 4.90 Å². The molecule has 2 N–H and O–H groups in total. The van der Waals surface area contributed by atoms with Gasteiger partial charge in [0.25, 0.3) is 0 Å². The van der Waals surface area contributed by atoms with Gasteiger partial charge in [0.1, 0.15) is 0 Å². The molecule has 27 heavy (non-hydrogen) atoms. The van der Waals surface area contributed by atoms with Gasteiger partial charge in [-0.3, -0.25) is 0 Å². The van der Waals surface area contributed by atoms with Crippen molar-refractivity contribution in [3.8, 4) is 0 Å². The van der Waals surface area contributed by atoms with E-state index in [0.29, 0.717) is 17.4 Å². The molecule has 0 fully saturated rings. The van der Waals surface area contributed by atoms with Crippen molar-refractivity contribution in [1.29, 1.82) is 0 Å². The predicted octanol–water partition coefficient (Wildman–Crippen LogP) is 3.97. The van der Waals surface area contributed by atoms with E-state index >= 15 is 0 Å². The summed E-state index contributed by atoms with van der Waals surface area (Å²) in [5.74, 6) is 0.574. The highest BCUT2D eigenvalue weighted by Gasteiger charge is 2.12. The average Bonchev–Trinajstić information content (AvgIpc) is 3.10. The largest absolute Gasteiger partial charge is 0.330 e. The van der Waals surface area contributed by atoms with Crippen molar-refractivity contribution in [1.82, 2.24) is 14.9 Å². The van der Waals surface area contributed by atoms with E-state index in [9.17, 15) is 8.42 Å². The standard InChI is InChI=1S/C18H20N4O2S3/c1-13-8-9-15(12-14(13)2)20-17-21-22-18(26-17)25-11-10-19-27(23,24)16-6-4-3-5-7-16/h3-9,12,19H,10-11H2,1-2H3,(H,20,21). The average molecular weight is 421 g/mol. The molecule has 3 aromatic rings. The molecule has 0 saturated carbocycles. The molecule has 0 unspecified atom stereocenters. The van der Waals surface area contributed by atoms with Crippen molar-refractivity contribution >= 4 is 43.9 Å². The quantitative estimate of drug-likeness (QED) is 0.424. The monoisotopic (exact) mass is 420 g/mol. The second-order valence-electron chi connectivity index (χ2n) is 5.86. The molecule has 0 amide bonds. The summed E-state index contributed by atoms with van der Waals surface area (Å²) >= 11 is 2.92. The van der Waals surface area contributed by atoms with E-state index in [1.807, 2.05) is 6.07 Å². The van der Waals surface area contributed by atoms with Gasteiger partial charge in [0.15, 0.2) is 4.34 Å². The molecule has 0 saturated heterocycles. The highest BCUT2D eigenvalue weighted by atomic mass is 32.2. The summed E-state index contributed by atoms with van der Waals surface area (Å²) in [6.45, 7) is 4.46. The topological polar surface area (TPSA) is 84.0 Å². The Balaban J connectivity index is 1.49. The van der Waals surface area contributed by atoms with Crippen molar-refractivity contribution in [3.63, 3.8) is 0 Å². The summed E-state index contributed by atoms with van der Waals surface area (Å²) in [6.07, 6.45) is 0. The number of anilines is 2. The molecule has 6 nitrogen and oxygen atoms in total. The zero-order valence-electron chi connectivity index (χ0n) is 15.0. The molecule has 1 aromatic heterocycles. The van der Waals surface area contributed by atoms with Gasteiger partial charge in [-0.05, 0) is 49.2 Å². The molecule has 0 radical (unpaired) electrons. The Morgan fingerprint density at radius 3 is 2.56 bits per heavy atom. The number of rotatable bonds is 8. The van der Waals surface area contributed by atoms with Gasteiger partial charge in [-0.1, -0.05) is 47.4 Å². The highest BCUT2D eigenvalue weighted by Crippen LogP contribution is 2.28. The Labute approximate surface area is 167 Å². The molecule has 3 rings (SSSR count). The van der Waals surface area contributed by atoms with Crippen molar-refractivity contribution in [2.24, 2.45) is 0 Å². The van der Waals surface area contributed by atoms with E-state index in [0.717, 1.165) is 10.0 Å². The van der Waals surface area contributed by atoms with Crippen LogP contribution in [0.3, 0.4) is 0 Å². The van der Waals surface area contributed by atoms with E-state index < -0.39 is 10.0 Å². The van der Waals surface area contributed by atoms with Crippen LogP contribution in [0.1, 0.15) is 11.1 Å². The maximum atomic E-state index is 12.1. The van der Waals surface area contributed by atoms with Gasteiger partial charge in [0.2, 0.25) is 15.2 Å². The Morgan fingerprint density at radius 1 is 1.04 bits per heavy atom. The summed E-state index contributed by atoms with van der Waals surface area (Å²) in [5, 5.41) is 12.2. The lowest BCUT2D eigenvalue weighted by molar-refractivity contribution is 0.584. The van der Waals surface area contributed by atoms with E-state index in [4.69, 9.17) is 0 Å². The number of hydrogen-bond acceptors (Lipinski definition) is 7. The fourth-order valence-corrected chi connectivity index (χ4v) is 5.14. The third-order valence-electron chi connectivity index (χ3n) is 3.84. The molecular formula is C18H20N4O2S3. The summed E-state index contributed by atoms with van der Waals surface area (Å²) in [5.41, 5.74) is 3.43. The van der Waals surface area contributed by atoms with E-state index in [1.54, 1.807) is 30.3 Å². The first-order chi connectivity index (χ1) is 12.9. The van der Waals surface area contributed by atoms with Gasteiger partial charge in [-0.2, -0.15) is 0 Å². The molecule has 0 aliphatic heterocycles. The normalized spacial score (nSPS) is 11.5. The maximum absolute atomic E-state index is 12.1. The third kappa shape index (κ3) is 5.52. The van der Waals surface area contributed by atoms with Crippen LogP contribution in [-0.4, -0.2) is 30.9 Å². The minimum absolute atomic E-state index is 0.269. The minimum Gasteiger partial charge on any atom is -0.330 e. The lowest BCUT2D eigenvalue weighted by Gasteiger charge is -2.05. The Kier molecular flexibility index (Phi) is 6.48. The highest BCUT2D eigenvalue weighted by molar-refractivity contribution is 8.01. The SMILES string of the molecule is Cc1ccc(Nc2nnc(SCCNS(=O)(=O)c3ccccc3)s2)cc1C. The molecule has 142 valence electrons. The molecule has 0 aliphatic rings. The number of aromatic nitrogens is 2. The van der Waals surface area contributed by atoms with Gasteiger partial charge in [-0.15, -0.1) is 10.2 Å². The van der Waals surface area contributed by atoms with Gasteiger partial charge in [0, 0.05) is 18.0 Å². The first-order valence-corrected chi connectivity index (χ1v) is 11.6. The van der Waals surface area contributed by atoms with Crippen molar-refractivity contribution in [2.75, 3.05) is 17.6 Å². The van der Waals surface area contributed by atoms with Crippen LogP contribution in [0.4, 0.5) is 10.8 Å². The number of thioether (sulfide) groups is 1. The summed E-state index contributed by atoms with van der Waals surface area (Å²) in [4.78, 5) is 0.269. The van der Waals surface area contributed by atoms with E-state index in [2.05, 4.69) is 46.2 Å². The number of benzene rings is 2. The lowest BCUT2D eigenvalue weighted by Crippen LogP contribution is -2.25. The fourth-order valence-electron chi connectivity index (χ4n) is 2.26. The van der Waals surface area contributed by atoms with Crippen LogP contribution in [-0.2, 0) is 10.0 Å². The van der Waals surface area contributed by atoms with Crippen molar-refractivity contribution in [2.45, 2.75) is 23.1 Å². The number of hydrogen-bond donors (Lipinski definition) is 2. The number of aryl methyl sites for hydroxylation is 2. The van der Waals surface area contributed by atoms with Crippen LogP contribution in [0, 0.1) is 13.8 Å². The second-order valence-corrected chi connectivity index (χ2v) is 9.94. The first-order valence-electron chi connectivity index (χ1n) is 8.29. The molecule has 9 heteroatoms. The zero-order chi connectivity index (χ0) is 19.3. The number of sulfonamides is 1. The molecular weight excluding hydrogens is 400 g/mol. The van der Waals surface area contributed by atoms with Gasteiger partial charge >= 0.3 is 0 Å². The predicted molar refractivity (Wildman–Crippen MR) is 111 cm³/mol. The van der Waals surface area contributed by atoms with Crippen molar-refractivity contribution < 1.29 is 8.42 Å². The van der Waals surface area contributed by atoms with Crippen LogP contribution in [0.5, 0.6) is 0 Å². The number of nitrogens with zero attached hydrogens (tertiary/aromatic N) is 2. The van der Waals surface area contributed by atoms with Crippen LogP contribution in [0.15, 0.2) is 57.8 Å². The van der Waals surface area contributed by atoms with Crippen LogP contribution in [0.25, 0.3) is 0 Å². The smallest absolute Gasteiger partial charge is 0.240 e. The van der Waals surface area contributed by atoms with Gasteiger partial charge in [-0.25, -0.2) is 13.1 Å². The Morgan fingerprint density at radius 2 is 1.81 bits per heavy atom.